The molecular weight excluding hydrogens is 254 g/mol. The van der Waals surface area contributed by atoms with Crippen molar-refractivity contribution < 1.29 is 4.79 Å². The smallest absolute Gasteiger partial charge is 0.233 e. The van der Waals surface area contributed by atoms with E-state index in [9.17, 15) is 4.79 Å². The van der Waals surface area contributed by atoms with Crippen LogP contribution in [0.15, 0.2) is 12.3 Å². The summed E-state index contributed by atoms with van der Waals surface area (Å²) in [7, 11) is 0. The molecule has 0 spiro atoms. The Kier molecular flexibility index (Phi) is 3.76. The van der Waals surface area contributed by atoms with E-state index in [1.807, 2.05) is 16.9 Å². The molecule has 1 saturated carbocycles. The lowest BCUT2D eigenvalue weighted by atomic mass is 9.85. The maximum Gasteiger partial charge on any atom is 0.233 e. The van der Waals surface area contributed by atoms with Crippen LogP contribution >= 0.6 is 0 Å². The fraction of sp³-hybridized carbons (Fsp3) is 0.714. The molecule has 2 aliphatic rings. The van der Waals surface area contributed by atoms with E-state index < -0.39 is 0 Å². The van der Waals surface area contributed by atoms with Gasteiger partial charge in [-0.3, -0.25) is 9.48 Å². The summed E-state index contributed by atoms with van der Waals surface area (Å²) in [5.41, 5.74) is 5.46. The van der Waals surface area contributed by atoms with Gasteiger partial charge in [0.25, 0.3) is 0 Å². The number of nitrogens with zero attached hydrogens (tertiary/aromatic N) is 2. The Morgan fingerprint density at radius 2 is 2.35 bits per heavy atom. The molecule has 6 heteroatoms. The zero-order valence-electron chi connectivity index (χ0n) is 11.8. The highest BCUT2D eigenvalue weighted by Gasteiger charge is 2.40. The van der Waals surface area contributed by atoms with Gasteiger partial charge in [-0.1, -0.05) is 12.8 Å². The van der Waals surface area contributed by atoms with Crippen molar-refractivity contribution in [1.82, 2.24) is 15.1 Å². The summed E-state index contributed by atoms with van der Waals surface area (Å²) in [4.78, 5) is 12.4. The SMILES string of the molecule is NCC1(C(=O)Nc2ccn(C3CCNC3)n2)CCCC1. The molecule has 3 rings (SSSR count). The number of carbonyl (C=O) groups is 1. The molecule has 0 bridgehead atoms. The number of anilines is 1. The van der Waals surface area contributed by atoms with Crippen molar-refractivity contribution in [1.29, 1.82) is 0 Å². The zero-order valence-corrected chi connectivity index (χ0v) is 11.8. The van der Waals surface area contributed by atoms with Crippen molar-refractivity contribution in [3.8, 4) is 0 Å². The van der Waals surface area contributed by atoms with Crippen molar-refractivity contribution in [2.75, 3.05) is 25.0 Å². The molecule has 1 unspecified atom stereocenters. The lowest BCUT2D eigenvalue weighted by Gasteiger charge is -2.25. The Labute approximate surface area is 119 Å². The number of rotatable bonds is 4. The van der Waals surface area contributed by atoms with Crippen LogP contribution in [0.2, 0.25) is 0 Å². The molecule has 0 aromatic carbocycles. The van der Waals surface area contributed by atoms with Crippen molar-refractivity contribution in [3.05, 3.63) is 12.3 Å². The first-order valence-corrected chi connectivity index (χ1v) is 7.51. The Morgan fingerprint density at radius 3 is 3.00 bits per heavy atom. The highest BCUT2D eigenvalue weighted by atomic mass is 16.2. The van der Waals surface area contributed by atoms with E-state index >= 15 is 0 Å². The summed E-state index contributed by atoms with van der Waals surface area (Å²) >= 11 is 0. The summed E-state index contributed by atoms with van der Waals surface area (Å²) in [5, 5.41) is 10.7. The van der Waals surface area contributed by atoms with Gasteiger partial charge in [-0.25, -0.2) is 0 Å². The summed E-state index contributed by atoms with van der Waals surface area (Å²) < 4.78 is 1.94. The second-order valence-electron chi connectivity index (χ2n) is 5.97. The van der Waals surface area contributed by atoms with E-state index in [1.165, 1.54) is 0 Å². The maximum absolute atomic E-state index is 12.4. The van der Waals surface area contributed by atoms with Crippen LogP contribution in [-0.4, -0.2) is 35.3 Å². The topological polar surface area (TPSA) is 85.0 Å². The van der Waals surface area contributed by atoms with Crippen LogP contribution in [0.4, 0.5) is 5.82 Å². The highest BCUT2D eigenvalue weighted by Crippen LogP contribution is 2.38. The standard InChI is InChI=1S/C14H23N5O/c15-10-14(5-1-2-6-14)13(20)17-12-4-8-19(18-12)11-3-7-16-9-11/h4,8,11,16H,1-3,5-7,9-10,15H2,(H,17,18,20). The summed E-state index contributed by atoms with van der Waals surface area (Å²) in [6, 6.07) is 2.27. The Morgan fingerprint density at radius 1 is 1.55 bits per heavy atom. The highest BCUT2D eigenvalue weighted by molar-refractivity contribution is 5.94. The predicted octanol–water partition coefficient (Wildman–Crippen LogP) is 0.875. The van der Waals surface area contributed by atoms with E-state index in [2.05, 4.69) is 15.7 Å². The van der Waals surface area contributed by atoms with E-state index in [1.54, 1.807) is 0 Å². The van der Waals surface area contributed by atoms with E-state index in [-0.39, 0.29) is 11.3 Å². The third-order valence-corrected chi connectivity index (χ3v) is 4.69. The molecule has 1 aromatic rings. The molecule has 1 aliphatic heterocycles. The molecule has 1 saturated heterocycles. The largest absolute Gasteiger partial charge is 0.329 e. The van der Waals surface area contributed by atoms with Crippen LogP contribution in [0.25, 0.3) is 0 Å². The molecule has 1 aliphatic carbocycles. The minimum Gasteiger partial charge on any atom is -0.329 e. The molecule has 20 heavy (non-hydrogen) atoms. The third-order valence-electron chi connectivity index (χ3n) is 4.69. The van der Waals surface area contributed by atoms with Gasteiger partial charge in [0.05, 0.1) is 11.5 Å². The van der Waals surface area contributed by atoms with Gasteiger partial charge in [0.2, 0.25) is 5.91 Å². The number of carbonyl (C=O) groups excluding carboxylic acids is 1. The first-order chi connectivity index (χ1) is 9.73. The third kappa shape index (κ3) is 2.45. The molecule has 1 atom stereocenters. The van der Waals surface area contributed by atoms with E-state index in [0.29, 0.717) is 18.4 Å². The molecule has 1 amide bonds. The average molecular weight is 277 g/mol. The molecule has 2 heterocycles. The Balaban J connectivity index is 1.66. The van der Waals surface area contributed by atoms with Crippen LogP contribution in [0, 0.1) is 5.41 Å². The normalized spacial score (nSPS) is 24.9. The van der Waals surface area contributed by atoms with Crippen molar-refractivity contribution in [2.24, 2.45) is 11.1 Å². The summed E-state index contributed by atoms with van der Waals surface area (Å²) in [6.45, 7) is 2.40. The number of nitrogens with two attached hydrogens (primary N) is 1. The van der Waals surface area contributed by atoms with Gasteiger partial charge < -0.3 is 16.4 Å². The first kappa shape index (κ1) is 13.6. The molecule has 110 valence electrons. The fourth-order valence-electron chi connectivity index (χ4n) is 3.30. The van der Waals surface area contributed by atoms with Gasteiger partial charge in [-0.15, -0.1) is 0 Å². The van der Waals surface area contributed by atoms with Gasteiger partial charge in [0, 0.05) is 25.4 Å². The zero-order chi connectivity index (χ0) is 14.0. The van der Waals surface area contributed by atoms with E-state index in [0.717, 1.165) is 45.2 Å². The summed E-state index contributed by atoms with van der Waals surface area (Å²) in [5.74, 6) is 0.675. The van der Waals surface area contributed by atoms with Gasteiger partial charge in [-0.2, -0.15) is 5.10 Å². The number of aromatic nitrogens is 2. The molecule has 1 aromatic heterocycles. The Hall–Kier alpha value is -1.40. The maximum atomic E-state index is 12.4. The van der Waals surface area contributed by atoms with Crippen LogP contribution < -0.4 is 16.4 Å². The lowest BCUT2D eigenvalue weighted by Crippen LogP contribution is -2.40. The van der Waals surface area contributed by atoms with Crippen LogP contribution in [-0.2, 0) is 4.79 Å². The number of hydrogen-bond acceptors (Lipinski definition) is 4. The van der Waals surface area contributed by atoms with Gasteiger partial charge in [0.1, 0.15) is 0 Å². The lowest BCUT2D eigenvalue weighted by molar-refractivity contribution is -0.124. The second-order valence-corrected chi connectivity index (χ2v) is 5.97. The molecule has 0 radical (unpaired) electrons. The summed E-state index contributed by atoms with van der Waals surface area (Å²) in [6.07, 6.45) is 6.99. The van der Waals surface area contributed by atoms with Crippen LogP contribution in [0.5, 0.6) is 0 Å². The van der Waals surface area contributed by atoms with Crippen LogP contribution in [0.3, 0.4) is 0 Å². The molecule has 6 nitrogen and oxygen atoms in total. The van der Waals surface area contributed by atoms with Crippen molar-refractivity contribution >= 4 is 11.7 Å². The quantitative estimate of drug-likeness (QED) is 0.762. The number of hydrogen-bond donors (Lipinski definition) is 3. The minimum atomic E-state index is -0.376. The fourth-order valence-corrected chi connectivity index (χ4v) is 3.30. The number of nitrogens with one attached hydrogen (secondary N) is 2. The number of amides is 1. The average Bonchev–Trinajstić information content (AvgIpc) is 3.20. The van der Waals surface area contributed by atoms with Crippen molar-refractivity contribution in [2.45, 2.75) is 38.1 Å². The van der Waals surface area contributed by atoms with Gasteiger partial charge in [-0.05, 0) is 25.8 Å². The molecule has 4 N–H and O–H groups in total. The monoisotopic (exact) mass is 277 g/mol. The molecular formula is C14H23N5O. The minimum absolute atomic E-state index is 0.0345. The van der Waals surface area contributed by atoms with E-state index in [4.69, 9.17) is 5.73 Å². The van der Waals surface area contributed by atoms with Crippen molar-refractivity contribution in [3.63, 3.8) is 0 Å². The van der Waals surface area contributed by atoms with Gasteiger partial charge >= 0.3 is 0 Å². The second kappa shape index (κ2) is 5.54. The van der Waals surface area contributed by atoms with Gasteiger partial charge in [0.15, 0.2) is 5.82 Å². The van der Waals surface area contributed by atoms with Crippen LogP contribution in [0.1, 0.15) is 38.1 Å². The Bertz CT molecular complexity index is 472. The predicted molar refractivity (Wildman–Crippen MR) is 77.3 cm³/mol. The molecule has 2 fully saturated rings. The first-order valence-electron chi connectivity index (χ1n) is 7.51.